The molecule has 0 atom stereocenters. The van der Waals surface area contributed by atoms with Crippen LogP contribution in [0.5, 0.6) is 0 Å². The molecule has 80 valence electrons. The van der Waals surface area contributed by atoms with Crippen LogP contribution in [0.4, 0.5) is 0 Å². The highest BCUT2D eigenvalue weighted by atomic mass is 16.3. The number of aliphatic hydroxyl groups is 1. The van der Waals surface area contributed by atoms with E-state index in [0.29, 0.717) is 0 Å². The third-order valence-corrected chi connectivity index (χ3v) is 3.01. The Morgan fingerprint density at radius 1 is 1.07 bits per heavy atom. The maximum Gasteiger partial charge on any atom is 0.0688 e. The second kappa shape index (κ2) is 3.82. The van der Waals surface area contributed by atoms with Crippen molar-refractivity contribution < 1.29 is 5.11 Å². The maximum absolute atomic E-state index is 9.96. The topological polar surface area (TPSA) is 20.2 Å². The molecule has 0 heterocycles. The molecule has 0 bridgehead atoms. The van der Waals surface area contributed by atoms with E-state index in [2.05, 4.69) is 36.5 Å². The van der Waals surface area contributed by atoms with E-state index < -0.39 is 5.60 Å². The lowest BCUT2D eigenvalue weighted by Crippen LogP contribution is -2.27. The standard InChI is InChI=1S/C14H18O/c1-14(2,15)13-9-7-11-5-3-4-6-12(11)8-10-13/h5-10,13,15H,3-4H2,1-2H3. The molecule has 2 aliphatic rings. The minimum absolute atomic E-state index is 0.102. The highest BCUT2D eigenvalue weighted by Gasteiger charge is 2.23. The normalized spacial score (nSPS) is 21.8. The highest BCUT2D eigenvalue weighted by Crippen LogP contribution is 2.28. The molecule has 0 fully saturated rings. The van der Waals surface area contributed by atoms with E-state index in [0.717, 1.165) is 12.8 Å². The molecule has 0 spiro atoms. The summed E-state index contributed by atoms with van der Waals surface area (Å²) in [5, 5.41) is 9.96. The molecular formula is C14H18O. The van der Waals surface area contributed by atoms with Gasteiger partial charge in [0.2, 0.25) is 0 Å². The van der Waals surface area contributed by atoms with Gasteiger partial charge in [0.1, 0.15) is 0 Å². The van der Waals surface area contributed by atoms with Crippen LogP contribution in [-0.2, 0) is 0 Å². The average molecular weight is 202 g/mol. The molecule has 0 saturated carbocycles. The molecular weight excluding hydrogens is 184 g/mol. The summed E-state index contributed by atoms with van der Waals surface area (Å²) in [7, 11) is 0. The van der Waals surface area contributed by atoms with Gasteiger partial charge in [-0.1, -0.05) is 36.5 Å². The van der Waals surface area contributed by atoms with E-state index in [1.165, 1.54) is 11.1 Å². The van der Waals surface area contributed by atoms with E-state index >= 15 is 0 Å². The molecule has 0 aromatic rings. The van der Waals surface area contributed by atoms with Gasteiger partial charge in [0, 0.05) is 5.92 Å². The van der Waals surface area contributed by atoms with Crippen LogP contribution >= 0.6 is 0 Å². The van der Waals surface area contributed by atoms with Gasteiger partial charge in [0.25, 0.3) is 0 Å². The largest absolute Gasteiger partial charge is 0.390 e. The Morgan fingerprint density at radius 3 is 1.93 bits per heavy atom. The van der Waals surface area contributed by atoms with Crippen molar-refractivity contribution in [3.8, 4) is 0 Å². The van der Waals surface area contributed by atoms with Gasteiger partial charge in [0.15, 0.2) is 0 Å². The summed E-state index contributed by atoms with van der Waals surface area (Å²) >= 11 is 0. The average Bonchev–Trinajstić information content (AvgIpc) is 2.38. The summed E-state index contributed by atoms with van der Waals surface area (Å²) in [6.07, 6.45) is 15.2. The van der Waals surface area contributed by atoms with Gasteiger partial charge < -0.3 is 5.11 Å². The molecule has 2 rings (SSSR count). The molecule has 0 aromatic carbocycles. The first-order chi connectivity index (χ1) is 7.07. The predicted molar refractivity (Wildman–Crippen MR) is 63.5 cm³/mol. The van der Waals surface area contributed by atoms with Crippen molar-refractivity contribution in [3.05, 3.63) is 47.6 Å². The van der Waals surface area contributed by atoms with Crippen LogP contribution < -0.4 is 0 Å². The first kappa shape index (κ1) is 10.4. The van der Waals surface area contributed by atoms with Crippen LogP contribution in [0.2, 0.25) is 0 Å². The quantitative estimate of drug-likeness (QED) is 0.692. The Hall–Kier alpha value is -1.08. The monoisotopic (exact) mass is 202 g/mol. The summed E-state index contributed by atoms with van der Waals surface area (Å²) in [5.41, 5.74) is 1.91. The maximum atomic E-state index is 9.96. The zero-order valence-corrected chi connectivity index (χ0v) is 9.40. The van der Waals surface area contributed by atoms with Crippen LogP contribution in [0.25, 0.3) is 0 Å². The van der Waals surface area contributed by atoms with Crippen molar-refractivity contribution in [2.75, 3.05) is 0 Å². The van der Waals surface area contributed by atoms with Crippen LogP contribution in [0.3, 0.4) is 0 Å². The molecule has 15 heavy (non-hydrogen) atoms. The zero-order chi connectivity index (χ0) is 10.9. The smallest absolute Gasteiger partial charge is 0.0688 e. The van der Waals surface area contributed by atoms with Crippen molar-refractivity contribution in [1.29, 1.82) is 0 Å². The second-order valence-electron chi connectivity index (χ2n) is 4.79. The van der Waals surface area contributed by atoms with Crippen LogP contribution in [-0.4, -0.2) is 10.7 Å². The summed E-state index contributed by atoms with van der Waals surface area (Å²) in [6.45, 7) is 3.70. The fourth-order valence-electron chi connectivity index (χ4n) is 1.99. The van der Waals surface area contributed by atoms with Crippen molar-refractivity contribution in [2.24, 2.45) is 5.92 Å². The number of fused-ring (bicyclic) bond motifs is 1. The Bertz CT molecular complexity index is 331. The Morgan fingerprint density at radius 2 is 1.53 bits per heavy atom. The number of allylic oxidation sites excluding steroid dienone is 6. The minimum atomic E-state index is -0.679. The summed E-state index contributed by atoms with van der Waals surface area (Å²) in [6, 6.07) is 0. The van der Waals surface area contributed by atoms with Crippen molar-refractivity contribution in [3.63, 3.8) is 0 Å². The van der Waals surface area contributed by atoms with E-state index in [9.17, 15) is 5.11 Å². The number of rotatable bonds is 1. The van der Waals surface area contributed by atoms with Crippen molar-refractivity contribution >= 4 is 0 Å². The second-order valence-corrected chi connectivity index (χ2v) is 4.79. The summed E-state index contributed by atoms with van der Waals surface area (Å²) < 4.78 is 0. The third-order valence-electron chi connectivity index (χ3n) is 3.01. The number of hydrogen-bond acceptors (Lipinski definition) is 1. The van der Waals surface area contributed by atoms with Crippen LogP contribution in [0.15, 0.2) is 47.6 Å². The van der Waals surface area contributed by atoms with Gasteiger partial charge in [-0.05, 0) is 37.8 Å². The predicted octanol–water partition coefficient (Wildman–Crippen LogP) is 3.15. The molecule has 0 saturated heterocycles. The lowest BCUT2D eigenvalue weighted by atomic mass is 9.91. The molecule has 0 amide bonds. The minimum Gasteiger partial charge on any atom is -0.390 e. The van der Waals surface area contributed by atoms with E-state index in [4.69, 9.17) is 0 Å². The van der Waals surface area contributed by atoms with Gasteiger partial charge in [-0.15, -0.1) is 0 Å². The van der Waals surface area contributed by atoms with Gasteiger partial charge in [0.05, 0.1) is 5.60 Å². The molecule has 0 aliphatic heterocycles. The van der Waals surface area contributed by atoms with Crippen LogP contribution in [0, 0.1) is 5.92 Å². The van der Waals surface area contributed by atoms with E-state index in [1.54, 1.807) is 0 Å². The van der Waals surface area contributed by atoms with Gasteiger partial charge >= 0.3 is 0 Å². The third kappa shape index (κ3) is 2.29. The molecule has 1 heteroatoms. The van der Waals surface area contributed by atoms with Crippen molar-refractivity contribution in [2.45, 2.75) is 32.3 Å². The fraction of sp³-hybridized carbons (Fsp3) is 0.429. The molecule has 1 N–H and O–H groups in total. The Kier molecular flexibility index (Phi) is 2.66. The van der Waals surface area contributed by atoms with Crippen LogP contribution in [0.1, 0.15) is 26.7 Å². The molecule has 0 unspecified atom stereocenters. The highest BCUT2D eigenvalue weighted by molar-refractivity contribution is 5.50. The molecule has 1 nitrogen and oxygen atoms in total. The first-order valence-corrected chi connectivity index (χ1v) is 5.57. The lowest BCUT2D eigenvalue weighted by molar-refractivity contribution is 0.0545. The fourth-order valence-corrected chi connectivity index (χ4v) is 1.99. The summed E-state index contributed by atoms with van der Waals surface area (Å²) in [5.74, 6) is 0.102. The zero-order valence-electron chi connectivity index (χ0n) is 9.40. The number of hydrogen-bond donors (Lipinski definition) is 1. The summed E-state index contributed by atoms with van der Waals surface area (Å²) in [4.78, 5) is 0. The van der Waals surface area contributed by atoms with E-state index in [1.807, 2.05) is 13.8 Å². The van der Waals surface area contributed by atoms with E-state index in [-0.39, 0.29) is 5.92 Å². The van der Waals surface area contributed by atoms with Gasteiger partial charge in [-0.3, -0.25) is 0 Å². The van der Waals surface area contributed by atoms with Gasteiger partial charge in [-0.25, -0.2) is 0 Å². The molecule has 2 aliphatic carbocycles. The molecule has 0 radical (unpaired) electrons. The van der Waals surface area contributed by atoms with Gasteiger partial charge in [-0.2, -0.15) is 0 Å². The lowest BCUT2D eigenvalue weighted by Gasteiger charge is -2.23. The Labute approximate surface area is 91.5 Å². The first-order valence-electron chi connectivity index (χ1n) is 5.57. The Balaban J connectivity index is 2.31. The molecule has 0 aromatic heterocycles. The van der Waals surface area contributed by atoms with Crippen molar-refractivity contribution in [1.82, 2.24) is 0 Å². The SMILES string of the molecule is CC(C)(O)C1C=CC2=CCCC=C2C=C1.